The molecule has 0 unspecified atom stereocenters. The summed E-state index contributed by atoms with van der Waals surface area (Å²) in [7, 11) is 0. The number of nitrogens with zero attached hydrogens (tertiary/aromatic N) is 5. The Morgan fingerprint density at radius 1 is 1.29 bits per heavy atom. The molecule has 3 rings (SSSR count). The molecule has 0 aliphatic carbocycles. The molecule has 0 spiro atoms. The van der Waals surface area contributed by atoms with Gasteiger partial charge in [-0.2, -0.15) is 4.68 Å². The number of fused-ring (bicyclic) bond motifs is 1. The zero-order valence-electron chi connectivity index (χ0n) is 11.2. The molecule has 21 heavy (non-hydrogen) atoms. The fourth-order valence-corrected chi connectivity index (χ4v) is 2.04. The Morgan fingerprint density at radius 2 is 2.10 bits per heavy atom. The highest BCUT2D eigenvalue weighted by Crippen LogP contribution is 2.25. The van der Waals surface area contributed by atoms with Gasteiger partial charge < -0.3 is 5.32 Å². The zero-order valence-corrected chi connectivity index (χ0v) is 11.2. The van der Waals surface area contributed by atoms with Gasteiger partial charge in [-0.15, -0.1) is 5.10 Å². The van der Waals surface area contributed by atoms with Crippen molar-refractivity contribution in [1.82, 2.24) is 20.0 Å². The van der Waals surface area contributed by atoms with Crippen LogP contribution in [0.2, 0.25) is 0 Å². The van der Waals surface area contributed by atoms with Crippen LogP contribution < -0.4 is 5.32 Å². The molecule has 0 fully saturated rings. The Hall–Kier alpha value is -3.03. The molecule has 8 nitrogen and oxygen atoms in total. The van der Waals surface area contributed by atoms with Crippen LogP contribution in [0.15, 0.2) is 36.4 Å². The molecule has 0 atom stereocenters. The highest BCUT2D eigenvalue weighted by Gasteiger charge is 2.20. The number of rotatable bonds is 4. The Morgan fingerprint density at radius 3 is 2.86 bits per heavy atom. The van der Waals surface area contributed by atoms with Gasteiger partial charge in [-0.05, 0) is 25.1 Å². The largest absolute Gasteiger partial charge is 0.370 e. The third-order valence-electron chi connectivity index (χ3n) is 2.96. The number of pyridine rings is 1. The maximum absolute atomic E-state index is 11.2. The molecule has 3 aromatic rings. The number of hydrogen-bond donors (Lipinski definition) is 1. The first kappa shape index (κ1) is 13.0. The number of para-hydroxylation sites is 1. The highest BCUT2D eigenvalue weighted by atomic mass is 16.6. The van der Waals surface area contributed by atoms with Crippen LogP contribution in [0.1, 0.15) is 6.92 Å². The molecule has 1 N–H and O–H groups in total. The van der Waals surface area contributed by atoms with Crippen molar-refractivity contribution in [2.45, 2.75) is 6.92 Å². The second-order valence-electron chi connectivity index (χ2n) is 4.32. The van der Waals surface area contributed by atoms with E-state index in [1.807, 2.05) is 19.1 Å². The van der Waals surface area contributed by atoms with Crippen molar-refractivity contribution in [3.8, 4) is 5.82 Å². The minimum atomic E-state index is -0.478. The van der Waals surface area contributed by atoms with Gasteiger partial charge in [0, 0.05) is 12.6 Å². The van der Waals surface area contributed by atoms with E-state index >= 15 is 0 Å². The summed E-state index contributed by atoms with van der Waals surface area (Å²) in [4.78, 5) is 15.0. The molecule has 1 aromatic carbocycles. The van der Waals surface area contributed by atoms with E-state index in [1.54, 1.807) is 18.2 Å². The molecular weight excluding hydrogens is 272 g/mol. The minimum Gasteiger partial charge on any atom is -0.370 e. The maximum atomic E-state index is 11.2. The van der Waals surface area contributed by atoms with E-state index in [2.05, 4.69) is 20.6 Å². The predicted octanol–water partition coefficient (Wildman–Crippen LogP) is 2.16. The quantitative estimate of drug-likeness (QED) is 0.582. The summed E-state index contributed by atoms with van der Waals surface area (Å²) < 4.78 is 1.38. The third-order valence-corrected chi connectivity index (χ3v) is 2.96. The SMILES string of the molecule is CCNc1ccc([N+](=O)[O-])c(-n2nnc3ccccc32)n1. The predicted molar refractivity (Wildman–Crippen MR) is 77.5 cm³/mol. The summed E-state index contributed by atoms with van der Waals surface area (Å²) in [5.41, 5.74) is 1.21. The maximum Gasteiger partial charge on any atom is 0.313 e. The van der Waals surface area contributed by atoms with E-state index in [9.17, 15) is 10.1 Å². The fourth-order valence-electron chi connectivity index (χ4n) is 2.04. The second kappa shape index (κ2) is 5.16. The summed E-state index contributed by atoms with van der Waals surface area (Å²) >= 11 is 0. The van der Waals surface area contributed by atoms with Crippen LogP contribution in [0.5, 0.6) is 0 Å². The summed E-state index contributed by atoms with van der Waals surface area (Å²) in [5, 5.41) is 22.2. The third kappa shape index (κ3) is 2.27. The lowest BCUT2D eigenvalue weighted by atomic mass is 10.3. The van der Waals surface area contributed by atoms with Gasteiger partial charge in [-0.25, -0.2) is 4.98 Å². The molecule has 8 heteroatoms. The molecule has 0 bridgehead atoms. The van der Waals surface area contributed by atoms with Crippen LogP contribution in [-0.2, 0) is 0 Å². The smallest absolute Gasteiger partial charge is 0.313 e. The van der Waals surface area contributed by atoms with Crippen molar-refractivity contribution in [2.75, 3.05) is 11.9 Å². The number of hydrogen-bond acceptors (Lipinski definition) is 6. The molecule has 2 aromatic heterocycles. The Kier molecular flexibility index (Phi) is 3.19. The number of benzene rings is 1. The first-order valence-corrected chi connectivity index (χ1v) is 6.41. The van der Waals surface area contributed by atoms with Crippen molar-refractivity contribution in [3.63, 3.8) is 0 Å². The lowest BCUT2D eigenvalue weighted by Gasteiger charge is -2.06. The van der Waals surface area contributed by atoms with Gasteiger partial charge in [-0.3, -0.25) is 10.1 Å². The summed E-state index contributed by atoms with van der Waals surface area (Å²) in [6.45, 7) is 2.59. The van der Waals surface area contributed by atoms with Gasteiger partial charge >= 0.3 is 5.69 Å². The monoisotopic (exact) mass is 284 g/mol. The van der Waals surface area contributed by atoms with Gasteiger partial charge in [0.05, 0.1) is 10.4 Å². The number of aromatic nitrogens is 4. The summed E-state index contributed by atoms with van der Waals surface area (Å²) in [5.74, 6) is 0.699. The molecule has 0 saturated heterocycles. The van der Waals surface area contributed by atoms with Crippen LogP contribution in [-0.4, -0.2) is 31.4 Å². The molecular formula is C13H12N6O2. The standard InChI is InChI=1S/C13H12N6O2/c1-2-14-12-8-7-11(19(20)21)13(15-12)18-10-6-4-3-5-9(10)16-17-18/h3-8H,2H2,1H3,(H,14,15). The van der Waals surface area contributed by atoms with E-state index in [1.165, 1.54) is 10.7 Å². The molecule has 0 amide bonds. The highest BCUT2D eigenvalue weighted by molar-refractivity contribution is 5.76. The average Bonchev–Trinajstić information content (AvgIpc) is 2.91. The minimum absolute atomic E-state index is 0.118. The van der Waals surface area contributed by atoms with Crippen LogP contribution in [0, 0.1) is 10.1 Å². The molecule has 0 aliphatic heterocycles. The van der Waals surface area contributed by atoms with Gasteiger partial charge in [0.15, 0.2) is 0 Å². The van der Waals surface area contributed by atoms with Gasteiger partial charge in [0.1, 0.15) is 11.3 Å². The van der Waals surface area contributed by atoms with Crippen LogP contribution in [0.4, 0.5) is 11.5 Å². The Balaban J connectivity index is 2.23. The Labute approximate surface area is 119 Å². The van der Waals surface area contributed by atoms with Crippen molar-refractivity contribution >= 4 is 22.5 Å². The molecule has 0 radical (unpaired) electrons. The van der Waals surface area contributed by atoms with E-state index in [0.29, 0.717) is 23.4 Å². The first-order valence-electron chi connectivity index (χ1n) is 6.41. The zero-order chi connectivity index (χ0) is 14.8. The van der Waals surface area contributed by atoms with Crippen LogP contribution >= 0.6 is 0 Å². The van der Waals surface area contributed by atoms with Crippen molar-refractivity contribution in [2.24, 2.45) is 0 Å². The fraction of sp³-hybridized carbons (Fsp3) is 0.154. The van der Waals surface area contributed by atoms with Crippen LogP contribution in [0.3, 0.4) is 0 Å². The van der Waals surface area contributed by atoms with Crippen LogP contribution in [0.25, 0.3) is 16.9 Å². The first-order chi connectivity index (χ1) is 10.2. The molecule has 106 valence electrons. The van der Waals surface area contributed by atoms with Gasteiger partial charge in [-0.1, -0.05) is 17.3 Å². The van der Waals surface area contributed by atoms with E-state index in [0.717, 1.165) is 0 Å². The molecule has 2 heterocycles. The number of nitrogens with one attached hydrogen (secondary N) is 1. The van der Waals surface area contributed by atoms with E-state index in [4.69, 9.17) is 0 Å². The second-order valence-corrected chi connectivity index (χ2v) is 4.32. The van der Waals surface area contributed by atoms with Crippen molar-refractivity contribution in [1.29, 1.82) is 0 Å². The number of anilines is 1. The topological polar surface area (TPSA) is 98.8 Å². The van der Waals surface area contributed by atoms with Gasteiger partial charge in [0.25, 0.3) is 0 Å². The Bertz CT molecular complexity index is 813. The lowest BCUT2D eigenvalue weighted by Crippen LogP contribution is -2.08. The summed E-state index contributed by atoms with van der Waals surface area (Å²) in [6.07, 6.45) is 0. The van der Waals surface area contributed by atoms with E-state index < -0.39 is 4.92 Å². The van der Waals surface area contributed by atoms with Crippen molar-refractivity contribution < 1.29 is 4.92 Å². The normalized spacial score (nSPS) is 10.7. The molecule has 0 aliphatic rings. The summed E-state index contributed by atoms with van der Waals surface area (Å²) in [6, 6.07) is 10.2. The van der Waals surface area contributed by atoms with Gasteiger partial charge in [0.2, 0.25) is 5.82 Å². The number of nitro groups is 1. The molecule has 0 saturated carbocycles. The average molecular weight is 284 g/mol. The van der Waals surface area contributed by atoms with E-state index in [-0.39, 0.29) is 11.5 Å². The lowest BCUT2D eigenvalue weighted by molar-refractivity contribution is -0.384. The van der Waals surface area contributed by atoms with Crippen molar-refractivity contribution in [3.05, 3.63) is 46.5 Å².